The van der Waals surface area contributed by atoms with E-state index in [0.717, 1.165) is 15.7 Å². The molecule has 0 fully saturated rings. The van der Waals surface area contributed by atoms with Crippen LogP contribution >= 0.6 is 27.5 Å². The Labute approximate surface area is 117 Å². The zero-order valence-corrected chi connectivity index (χ0v) is 11.5. The van der Waals surface area contributed by atoms with Crippen LogP contribution < -0.4 is 5.73 Å². The van der Waals surface area contributed by atoms with Gasteiger partial charge in [-0.3, -0.25) is 4.40 Å². The minimum Gasteiger partial charge on any atom is -0.398 e. The van der Waals surface area contributed by atoms with Crippen molar-refractivity contribution in [3.63, 3.8) is 0 Å². The van der Waals surface area contributed by atoms with Crippen LogP contribution in [0, 0.1) is 0 Å². The highest BCUT2D eigenvalue weighted by Crippen LogP contribution is 2.29. The zero-order chi connectivity index (χ0) is 12.7. The first-order chi connectivity index (χ1) is 8.65. The standard InChI is InChI=1S/C12H8BrClN4/c13-7-1-3-9(10(14)5-7)12-17-16-11-4-2-8(15)6-18(11)12/h1-6H,15H2. The van der Waals surface area contributed by atoms with Crippen molar-refractivity contribution in [2.24, 2.45) is 0 Å². The summed E-state index contributed by atoms with van der Waals surface area (Å²) < 4.78 is 2.74. The van der Waals surface area contributed by atoms with E-state index >= 15 is 0 Å². The molecule has 2 N–H and O–H groups in total. The van der Waals surface area contributed by atoms with E-state index in [0.29, 0.717) is 16.5 Å². The number of aromatic nitrogens is 3. The van der Waals surface area contributed by atoms with E-state index in [-0.39, 0.29) is 0 Å². The molecule has 0 saturated carbocycles. The van der Waals surface area contributed by atoms with Crippen LogP contribution in [0.15, 0.2) is 41.0 Å². The molecule has 0 unspecified atom stereocenters. The molecule has 0 aliphatic rings. The Kier molecular flexibility index (Phi) is 2.72. The lowest BCUT2D eigenvalue weighted by Gasteiger charge is -2.03. The number of rotatable bonds is 1. The van der Waals surface area contributed by atoms with Gasteiger partial charge in [0.25, 0.3) is 0 Å². The van der Waals surface area contributed by atoms with E-state index in [9.17, 15) is 0 Å². The Hall–Kier alpha value is -1.59. The molecular weight excluding hydrogens is 316 g/mol. The van der Waals surface area contributed by atoms with Crippen molar-refractivity contribution in [1.29, 1.82) is 0 Å². The number of halogens is 2. The average Bonchev–Trinajstić information content (AvgIpc) is 2.72. The maximum absolute atomic E-state index is 6.22. The molecule has 18 heavy (non-hydrogen) atoms. The highest BCUT2D eigenvalue weighted by atomic mass is 79.9. The van der Waals surface area contributed by atoms with Crippen molar-refractivity contribution in [1.82, 2.24) is 14.6 Å². The van der Waals surface area contributed by atoms with Crippen molar-refractivity contribution >= 4 is 38.9 Å². The van der Waals surface area contributed by atoms with E-state index in [2.05, 4.69) is 26.1 Å². The topological polar surface area (TPSA) is 56.2 Å². The van der Waals surface area contributed by atoms with Crippen LogP contribution in [0.3, 0.4) is 0 Å². The molecule has 0 spiro atoms. The van der Waals surface area contributed by atoms with Crippen LogP contribution in [-0.2, 0) is 0 Å². The van der Waals surface area contributed by atoms with Gasteiger partial charge in [-0.15, -0.1) is 10.2 Å². The van der Waals surface area contributed by atoms with Crippen LogP contribution in [0.25, 0.3) is 17.0 Å². The SMILES string of the molecule is Nc1ccc2nnc(-c3ccc(Br)cc3Cl)n2c1. The molecule has 3 aromatic rings. The number of benzene rings is 1. The Morgan fingerprint density at radius 3 is 2.78 bits per heavy atom. The second kappa shape index (κ2) is 4.26. The molecule has 2 heterocycles. The lowest BCUT2D eigenvalue weighted by atomic mass is 10.2. The van der Waals surface area contributed by atoms with E-state index in [1.54, 1.807) is 12.3 Å². The highest BCUT2D eigenvalue weighted by molar-refractivity contribution is 9.10. The van der Waals surface area contributed by atoms with Gasteiger partial charge in [0.2, 0.25) is 0 Å². The molecule has 0 aliphatic carbocycles. The Morgan fingerprint density at radius 1 is 1.17 bits per heavy atom. The number of fused-ring (bicyclic) bond motifs is 1. The number of nitrogens with two attached hydrogens (primary N) is 1. The van der Waals surface area contributed by atoms with Crippen LogP contribution in [-0.4, -0.2) is 14.6 Å². The van der Waals surface area contributed by atoms with E-state index in [1.165, 1.54) is 0 Å². The third-order valence-corrected chi connectivity index (χ3v) is 3.40. The molecule has 0 atom stereocenters. The lowest BCUT2D eigenvalue weighted by molar-refractivity contribution is 1.11. The van der Waals surface area contributed by atoms with E-state index in [4.69, 9.17) is 17.3 Å². The predicted octanol–water partition coefficient (Wildman–Crippen LogP) is 3.39. The molecule has 1 aromatic carbocycles. The Morgan fingerprint density at radius 2 is 2.00 bits per heavy atom. The fourth-order valence-electron chi connectivity index (χ4n) is 1.76. The quantitative estimate of drug-likeness (QED) is 0.747. The molecule has 0 radical (unpaired) electrons. The van der Waals surface area contributed by atoms with Crippen LogP contribution in [0.1, 0.15) is 0 Å². The fraction of sp³-hybridized carbons (Fsp3) is 0. The zero-order valence-electron chi connectivity index (χ0n) is 9.14. The summed E-state index contributed by atoms with van der Waals surface area (Å²) >= 11 is 9.59. The summed E-state index contributed by atoms with van der Waals surface area (Å²) in [6.07, 6.45) is 1.78. The van der Waals surface area contributed by atoms with Gasteiger partial charge in [0.1, 0.15) is 0 Å². The maximum atomic E-state index is 6.22. The van der Waals surface area contributed by atoms with Gasteiger partial charge in [0, 0.05) is 21.9 Å². The summed E-state index contributed by atoms with van der Waals surface area (Å²) in [6, 6.07) is 9.24. The van der Waals surface area contributed by atoms with Crippen LogP contribution in [0.5, 0.6) is 0 Å². The van der Waals surface area contributed by atoms with Crippen LogP contribution in [0.4, 0.5) is 5.69 Å². The summed E-state index contributed by atoms with van der Waals surface area (Å²) in [5, 5.41) is 8.85. The number of nitrogen functional groups attached to an aromatic ring is 1. The summed E-state index contributed by atoms with van der Waals surface area (Å²) in [4.78, 5) is 0. The smallest absolute Gasteiger partial charge is 0.169 e. The van der Waals surface area contributed by atoms with Crippen molar-refractivity contribution in [3.8, 4) is 11.4 Å². The van der Waals surface area contributed by atoms with Crippen molar-refractivity contribution in [3.05, 3.63) is 46.0 Å². The number of hydrogen-bond acceptors (Lipinski definition) is 3. The average molecular weight is 324 g/mol. The first-order valence-corrected chi connectivity index (χ1v) is 6.38. The van der Waals surface area contributed by atoms with Crippen molar-refractivity contribution in [2.45, 2.75) is 0 Å². The van der Waals surface area contributed by atoms with Gasteiger partial charge >= 0.3 is 0 Å². The Balaban J connectivity index is 2.28. The van der Waals surface area contributed by atoms with Gasteiger partial charge in [-0.1, -0.05) is 27.5 Å². The first kappa shape index (κ1) is 11.5. The highest BCUT2D eigenvalue weighted by Gasteiger charge is 2.11. The minimum absolute atomic E-state index is 0.612. The fourth-order valence-corrected chi connectivity index (χ4v) is 2.52. The second-order valence-corrected chi connectivity index (χ2v) is 5.16. The normalized spacial score (nSPS) is 11.0. The first-order valence-electron chi connectivity index (χ1n) is 5.21. The van der Waals surface area contributed by atoms with Gasteiger partial charge in [-0.05, 0) is 30.3 Å². The minimum atomic E-state index is 0.612. The third kappa shape index (κ3) is 1.85. The van der Waals surface area contributed by atoms with Gasteiger partial charge in [0.05, 0.1) is 5.02 Å². The van der Waals surface area contributed by atoms with Crippen LogP contribution in [0.2, 0.25) is 5.02 Å². The van der Waals surface area contributed by atoms with Gasteiger partial charge in [-0.2, -0.15) is 0 Å². The number of hydrogen-bond donors (Lipinski definition) is 1. The number of anilines is 1. The van der Waals surface area contributed by atoms with Crippen molar-refractivity contribution in [2.75, 3.05) is 5.73 Å². The lowest BCUT2D eigenvalue weighted by Crippen LogP contribution is -1.93. The summed E-state index contributed by atoms with van der Waals surface area (Å²) in [7, 11) is 0. The summed E-state index contributed by atoms with van der Waals surface area (Å²) in [6.45, 7) is 0. The predicted molar refractivity (Wildman–Crippen MR) is 75.5 cm³/mol. The van der Waals surface area contributed by atoms with Gasteiger partial charge in [-0.25, -0.2) is 0 Å². The molecular formula is C12H8BrClN4. The van der Waals surface area contributed by atoms with Gasteiger partial charge < -0.3 is 5.73 Å². The summed E-state index contributed by atoms with van der Waals surface area (Å²) in [5.41, 5.74) is 7.98. The monoisotopic (exact) mass is 322 g/mol. The molecule has 90 valence electrons. The molecule has 6 heteroatoms. The summed E-state index contributed by atoms with van der Waals surface area (Å²) in [5.74, 6) is 0.676. The van der Waals surface area contributed by atoms with Gasteiger partial charge in [0.15, 0.2) is 11.5 Å². The Bertz CT molecular complexity index is 738. The molecule has 2 aromatic heterocycles. The molecule has 0 saturated heterocycles. The van der Waals surface area contributed by atoms with E-state index in [1.807, 2.05) is 28.7 Å². The molecule has 3 rings (SSSR count). The largest absolute Gasteiger partial charge is 0.398 e. The third-order valence-electron chi connectivity index (χ3n) is 2.60. The number of pyridine rings is 1. The molecule has 0 amide bonds. The molecule has 4 nitrogen and oxygen atoms in total. The van der Waals surface area contributed by atoms with Crippen molar-refractivity contribution < 1.29 is 0 Å². The molecule has 0 bridgehead atoms. The number of nitrogens with zero attached hydrogens (tertiary/aromatic N) is 3. The molecule has 0 aliphatic heterocycles. The maximum Gasteiger partial charge on any atom is 0.169 e. The second-order valence-electron chi connectivity index (χ2n) is 3.84. The van der Waals surface area contributed by atoms with E-state index < -0.39 is 0 Å².